The molecule has 1 aliphatic heterocycles. The molecule has 2 heterocycles. The van der Waals surface area contributed by atoms with E-state index in [-0.39, 0.29) is 23.0 Å². The standard InChI is InChI=1S/C29H28ClFN4O3.C8H18.C6H13NO.C4H10O.C2H6/c1-15-8-9-17-14-23(34-28(38-4)24(15)17)18-6-5-7-19(26(18)30)25-16(2)22(11-10-21(25)31)33-27(36)20-12-13-32-35(3)29(20)37;1-4-6-7-8(3)5-2;1-4-5(2)6(8)7-3;1-3-4-5-2;1-2/h5-7,10-12,14-15,32H,8-9,13H2,1-4H3,(H,33,36);8H,4-7H2,1-3H3;5H,4H2,1-3H3,(H,7,8);3-4H2,1-2H3;1-2H3. The maximum atomic E-state index is 15.3. The monoisotopic (exact) mass is 868 g/mol. The maximum absolute atomic E-state index is 15.3. The Kier molecular flexibility index (Phi) is 26.1. The van der Waals surface area contributed by atoms with E-state index < -0.39 is 17.6 Å². The zero-order valence-electron chi connectivity index (χ0n) is 39.5. The van der Waals surface area contributed by atoms with Crippen molar-refractivity contribution in [1.29, 1.82) is 0 Å². The Hall–Kier alpha value is -4.32. The van der Waals surface area contributed by atoms with Crippen LogP contribution in [-0.4, -0.2) is 69.2 Å². The Labute approximate surface area is 371 Å². The van der Waals surface area contributed by atoms with Crippen molar-refractivity contribution < 1.29 is 28.2 Å². The third-order valence-electron chi connectivity index (χ3n) is 10.7. The van der Waals surface area contributed by atoms with Crippen LogP contribution in [0.2, 0.25) is 5.02 Å². The number of ether oxygens (including phenoxy) is 2. The van der Waals surface area contributed by atoms with E-state index in [4.69, 9.17) is 26.1 Å². The summed E-state index contributed by atoms with van der Waals surface area (Å²) < 4.78 is 25.6. The van der Waals surface area contributed by atoms with E-state index >= 15 is 4.39 Å². The van der Waals surface area contributed by atoms with Crippen molar-refractivity contribution in [2.45, 2.75) is 127 Å². The van der Waals surface area contributed by atoms with Gasteiger partial charge in [-0.1, -0.05) is 124 Å². The summed E-state index contributed by atoms with van der Waals surface area (Å²) in [6.45, 7) is 22.0. The number of anilines is 1. The molecule has 1 aliphatic carbocycles. The van der Waals surface area contributed by atoms with Crippen molar-refractivity contribution in [3.05, 3.63) is 75.6 Å². The van der Waals surface area contributed by atoms with Crippen LogP contribution < -0.4 is 20.8 Å². The van der Waals surface area contributed by atoms with Crippen LogP contribution in [0.3, 0.4) is 0 Å². The largest absolute Gasteiger partial charge is 0.481 e. The van der Waals surface area contributed by atoms with Crippen molar-refractivity contribution in [1.82, 2.24) is 20.7 Å². The number of carbonyl (C=O) groups excluding carboxylic acids is 3. The van der Waals surface area contributed by atoms with Gasteiger partial charge in [-0.3, -0.25) is 19.4 Å². The van der Waals surface area contributed by atoms with E-state index in [2.05, 4.69) is 50.7 Å². The van der Waals surface area contributed by atoms with Crippen LogP contribution in [0.15, 0.2) is 48.0 Å². The Morgan fingerprint density at radius 3 is 2.26 bits per heavy atom. The molecule has 3 atom stereocenters. The van der Waals surface area contributed by atoms with Crippen LogP contribution >= 0.6 is 11.6 Å². The van der Waals surface area contributed by atoms with Crippen molar-refractivity contribution in [2.24, 2.45) is 11.8 Å². The number of aromatic nitrogens is 1. The lowest BCUT2D eigenvalue weighted by Crippen LogP contribution is -2.46. The summed E-state index contributed by atoms with van der Waals surface area (Å²) in [6, 6.07) is 10.2. The number of aryl methyl sites for hydroxylation is 1. The summed E-state index contributed by atoms with van der Waals surface area (Å²) in [4.78, 5) is 40.6. The lowest BCUT2D eigenvalue weighted by Gasteiger charge is -2.23. The van der Waals surface area contributed by atoms with Crippen molar-refractivity contribution in [2.75, 3.05) is 46.8 Å². The molecule has 61 heavy (non-hydrogen) atoms. The molecule has 0 saturated heterocycles. The number of carbonyl (C=O) groups is 3. The molecule has 2 aliphatic rings. The number of halogens is 2. The number of hydrogen-bond donors (Lipinski definition) is 3. The van der Waals surface area contributed by atoms with Gasteiger partial charge in [-0.15, -0.1) is 0 Å². The molecule has 3 aromatic rings. The molecule has 2 aromatic carbocycles. The number of hydrazine groups is 1. The minimum atomic E-state index is -0.562. The zero-order chi connectivity index (χ0) is 46.2. The number of nitrogens with zero attached hydrogens (tertiary/aromatic N) is 2. The molecule has 12 heteroatoms. The summed E-state index contributed by atoms with van der Waals surface area (Å²) in [5, 5.41) is 6.94. The molecule has 0 spiro atoms. The predicted molar refractivity (Wildman–Crippen MR) is 252 cm³/mol. The predicted octanol–water partition coefficient (Wildman–Crippen LogP) is 11.5. The minimum absolute atomic E-state index is 0.0162. The van der Waals surface area contributed by atoms with E-state index in [1.165, 1.54) is 54.5 Å². The normalized spacial score (nSPS) is 14.8. The average molecular weight is 869 g/mol. The third-order valence-corrected chi connectivity index (χ3v) is 11.1. The molecular weight excluding hydrogens is 793 g/mol. The number of methoxy groups -OCH3 is 2. The summed E-state index contributed by atoms with van der Waals surface area (Å²) in [5.41, 5.74) is 8.08. The molecule has 0 radical (unpaired) electrons. The number of nitrogens with one attached hydrogen (secondary N) is 3. The quantitative estimate of drug-likeness (QED) is 0.146. The van der Waals surface area contributed by atoms with Gasteiger partial charge in [0.2, 0.25) is 11.8 Å². The van der Waals surface area contributed by atoms with E-state index in [0.717, 1.165) is 43.8 Å². The highest BCUT2D eigenvalue weighted by molar-refractivity contribution is 6.36. The topological polar surface area (TPSA) is 122 Å². The molecule has 0 fully saturated rings. The third kappa shape index (κ3) is 16.1. The first-order chi connectivity index (χ1) is 29.1. The molecule has 340 valence electrons. The number of benzene rings is 2. The van der Waals surface area contributed by atoms with Gasteiger partial charge in [-0.05, 0) is 73.8 Å². The molecule has 10 nitrogen and oxygen atoms in total. The molecule has 3 unspecified atom stereocenters. The minimum Gasteiger partial charge on any atom is -0.481 e. The molecule has 3 N–H and O–H groups in total. The first-order valence-corrected chi connectivity index (χ1v) is 22.4. The number of pyridine rings is 1. The second-order valence-corrected chi connectivity index (χ2v) is 15.5. The van der Waals surface area contributed by atoms with Gasteiger partial charge in [0.15, 0.2) is 0 Å². The summed E-state index contributed by atoms with van der Waals surface area (Å²) in [7, 11) is 6.53. The van der Waals surface area contributed by atoms with E-state index in [9.17, 15) is 14.4 Å². The van der Waals surface area contributed by atoms with Crippen LogP contribution in [0, 0.1) is 24.6 Å². The van der Waals surface area contributed by atoms with Crippen LogP contribution in [-0.2, 0) is 25.5 Å². The fraction of sp³-hybridized carbons (Fsp3) is 0.551. The van der Waals surface area contributed by atoms with Crippen LogP contribution in [0.25, 0.3) is 22.4 Å². The van der Waals surface area contributed by atoms with E-state index in [0.29, 0.717) is 51.4 Å². The van der Waals surface area contributed by atoms with Gasteiger partial charge in [0.25, 0.3) is 11.8 Å². The Bertz CT molecular complexity index is 1870. The fourth-order valence-corrected chi connectivity index (χ4v) is 6.91. The van der Waals surface area contributed by atoms with Gasteiger partial charge < -0.3 is 20.1 Å². The first-order valence-electron chi connectivity index (χ1n) is 22.0. The maximum Gasteiger partial charge on any atom is 0.273 e. The number of fused-ring (bicyclic) bond motifs is 1. The highest BCUT2D eigenvalue weighted by Crippen LogP contribution is 2.44. The van der Waals surface area contributed by atoms with Gasteiger partial charge >= 0.3 is 0 Å². The molecule has 3 amide bonds. The molecule has 1 aromatic heterocycles. The summed E-state index contributed by atoms with van der Waals surface area (Å²) in [5.74, 6) is 0.716. The highest BCUT2D eigenvalue weighted by atomic mass is 35.5. The molecule has 0 bridgehead atoms. The van der Waals surface area contributed by atoms with Gasteiger partial charge in [0.05, 0.1) is 17.8 Å². The van der Waals surface area contributed by atoms with Crippen LogP contribution in [0.1, 0.15) is 130 Å². The molecular formula is C49H75ClFN5O5. The van der Waals surface area contributed by atoms with Crippen LogP contribution in [0.4, 0.5) is 10.1 Å². The van der Waals surface area contributed by atoms with Crippen molar-refractivity contribution in [3.8, 4) is 28.3 Å². The Balaban J connectivity index is 0.000000664. The molecule has 0 saturated carbocycles. The second-order valence-electron chi connectivity index (χ2n) is 15.2. The smallest absolute Gasteiger partial charge is 0.273 e. The van der Waals surface area contributed by atoms with E-state index in [1.54, 1.807) is 47.4 Å². The number of likely N-dealkylation sites (N-methyl/N-ethyl adjacent to an activating group) is 1. The lowest BCUT2D eigenvalue weighted by atomic mass is 9.95. The molecule has 5 rings (SSSR count). The van der Waals surface area contributed by atoms with Gasteiger partial charge in [-0.2, -0.15) is 0 Å². The van der Waals surface area contributed by atoms with Gasteiger partial charge in [0.1, 0.15) is 11.4 Å². The second kappa shape index (κ2) is 29.1. The van der Waals surface area contributed by atoms with Crippen LogP contribution in [0.5, 0.6) is 5.88 Å². The summed E-state index contributed by atoms with van der Waals surface area (Å²) in [6.07, 6.45) is 11.1. The number of rotatable bonds is 13. The summed E-state index contributed by atoms with van der Waals surface area (Å²) >= 11 is 6.91. The van der Waals surface area contributed by atoms with Crippen molar-refractivity contribution >= 4 is 35.0 Å². The highest BCUT2D eigenvalue weighted by Gasteiger charge is 2.28. The Morgan fingerprint density at radius 2 is 1.72 bits per heavy atom. The number of amides is 3. The SMILES string of the molecule is CC.CCC(C)C(=O)NC.CCCCC(C)CC.CCCOC.COc1nc(-c2cccc(-c3c(F)ccc(NC(=O)C4=CCNN(C)C4=O)c3C)c2Cl)cc2c1C(C)CC2. The van der Waals surface area contributed by atoms with Gasteiger partial charge in [0, 0.05) is 68.2 Å². The van der Waals surface area contributed by atoms with Crippen molar-refractivity contribution in [3.63, 3.8) is 0 Å². The number of hydrogen-bond acceptors (Lipinski definition) is 7. The first kappa shape index (κ1) is 54.7. The van der Waals surface area contributed by atoms with Gasteiger partial charge in [-0.25, -0.2) is 14.8 Å². The lowest BCUT2D eigenvalue weighted by molar-refractivity contribution is -0.131. The Morgan fingerprint density at radius 1 is 1.05 bits per heavy atom. The number of unbranched alkanes of at least 4 members (excludes halogenated alkanes) is 1. The fourth-order valence-electron chi connectivity index (χ4n) is 6.59. The average Bonchev–Trinajstić information content (AvgIpc) is 3.65. The zero-order valence-corrected chi connectivity index (χ0v) is 40.3. The van der Waals surface area contributed by atoms with E-state index in [1.807, 2.05) is 39.8 Å².